The Labute approximate surface area is 493 Å². The van der Waals surface area contributed by atoms with E-state index in [1.165, 1.54) is 96.3 Å². The number of carbonyl (C=O) groups is 11. The maximum Gasteiger partial charge on any atom is 0.326 e. The number of aliphatic hydroxyl groups excluding tert-OH is 1. The van der Waals surface area contributed by atoms with Crippen molar-refractivity contribution in [1.29, 1.82) is 0 Å². The van der Waals surface area contributed by atoms with Crippen LogP contribution in [0.25, 0.3) is 0 Å². The van der Waals surface area contributed by atoms with Crippen LogP contribution < -0.4 is 54.0 Å². The number of amides is 9. The second kappa shape index (κ2) is 35.8. The van der Waals surface area contributed by atoms with Crippen LogP contribution in [-0.2, 0) is 72.0 Å². The van der Waals surface area contributed by atoms with Gasteiger partial charge in [0.2, 0.25) is 53.2 Å². The normalized spacial score (nSPS) is 14.6. The molecule has 3 aromatic carbocycles. The highest BCUT2D eigenvalue weighted by Crippen LogP contribution is 2.17. The highest BCUT2D eigenvalue weighted by atomic mass is 32.2. The van der Waals surface area contributed by atoms with E-state index in [-0.39, 0.29) is 73.7 Å². The predicted octanol–water partition coefficient (Wildman–Crippen LogP) is -1.59. The molecule has 0 fully saturated rings. The minimum absolute atomic E-state index is 0.0215. The number of aromatic hydroxyl groups is 3. The molecule has 0 unspecified atom stereocenters. The molecule has 0 aliphatic rings. The third-order valence-corrected chi connectivity index (χ3v) is 14.4. The summed E-state index contributed by atoms with van der Waals surface area (Å²) in [6.45, 7) is 2.36. The Morgan fingerprint density at radius 1 is 0.476 bits per heavy atom. The molecule has 0 radical (unpaired) electrons. The third-order valence-electron chi connectivity index (χ3n) is 13.2. The van der Waals surface area contributed by atoms with Gasteiger partial charge in [-0.05, 0) is 102 Å². The number of nitrogens with one attached hydrogen (secondary N) is 8. The number of carbonyl (C=O) groups excluding carboxylic acids is 9. The van der Waals surface area contributed by atoms with E-state index in [9.17, 15) is 83.4 Å². The number of benzene rings is 3. The first-order chi connectivity index (χ1) is 39.8. The van der Waals surface area contributed by atoms with Crippen LogP contribution in [0.15, 0.2) is 72.8 Å². The van der Waals surface area contributed by atoms with Crippen LogP contribution in [0.4, 0.5) is 0 Å². The second-order valence-corrected chi connectivity index (χ2v) is 21.7. The van der Waals surface area contributed by atoms with Gasteiger partial charge in [-0.15, -0.1) is 0 Å². The summed E-state index contributed by atoms with van der Waals surface area (Å²) in [7, 11) is 0. The van der Waals surface area contributed by atoms with Crippen molar-refractivity contribution in [3.63, 3.8) is 0 Å². The number of nitrogens with two attached hydrogens (primary N) is 2. The molecular weight excluding hydrogens is 1140 g/mol. The molecule has 27 nitrogen and oxygen atoms in total. The van der Waals surface area contributed by atoms with Gasteiger partial charge in [-0.3, -0.25) is 47.9 Å². The van der Waals surface area contributed by atoms with Crippen molar-refractivity contribution in [2.24, 2.45) is 17.4 Å². The molecule has 3 rings (SSSR count). The molecule has 0 bridgehead atoms. The zero-order valence-corrected chi connectivity index (χ0v) is 48.5. The Kier molecular flexibility index (Phi) is 29.8. The molecule has 84 heavy (non-hydrogen) atoms. The molecule has 3 aromatic rings. The molecule has 0 aliphatic heterocycles. The Morgan fingerprint density at radius 3 is 1.13 bits per heavy atom. The van der Waals surface area contributed by atoms with E-state index in [2.05, 4.69) is 42.5 Å². The van der Waals surface area contributed by atoms with Crippen LogP contribution in [0.1, 0.15) is 69.1 Å². The lowest BCUT2D eigenvalue weighted by molar-refractivity contribution is -0.144. The maximum atomic E-state index is 14.6. The van der Waals surface area contributed by atoms with Crippen molar-refractivity contribution < 1.29 is 83.4 Å². The number of aliphatic carboxylic acids is 2. The van der Waals surface area contributed by atoms with E-state index in [0.717, 1.165) is 0 Å². The summed E-state index contributed by atoms with van der Waals surface area (Å²) in [5.74, 6) is -12.1. The number of primary amides is 1. The number of phenols is 3. The van der Waals surface area contributed by atoms with Crippen molar-refractivity contribution in [2.45, 2.75) is 126 Å². The quantitative estimate of drug-likeness (QED) is 0.0309. The van der Waals surface area contributed by atoms with Gasteiger partial charge in [-0.25, -0.2) is 4.79 Å². The highest BCUT2D eigenvalue weighted by Gasteiger charge is 2.36. The molecule has 460 valence electrons. The van der Waals surface area contributed by atoms with Crippen molar-refractivity contribution in [1.82, 2.24) is 42.5 Å². The average Bonchev–Trinajstić information content (AvgIpc) is 3.67. The molecule has 18 N–H and O–H groups in total. The fraction of sp³-hybridized carbons (Fsp3) is 0.473. The molecule has 29 heteroatoms. The largest absolute Gasteiger partial charge is 0.508 e. The van der Waals surface area contributed by atoms with Gasteiger partial charge < -0.3 is 84.6 Å². The van der Waals surface area contributed by atoms with Gasteiger partial charge in [0, 0.05) is 25.7 Å². The molecule has 0 aliphatic carbocycles. The lowest BCUT2D eigenvalue weighted by atomic mass is 9.98. The lowest BCUT2D eigenvalue weighted by Gasteiger charge is -2.28. The molecule has 0 aromatic heterocycles. The highest BCUT2D eigenvalue weighted by molar-refractivity contribution is 7.98. The van der Waals surface area contributed by atoms with Crippen LogP contribution in [0, 0.1) is 5.92 Å². The summed E-state index contributed by atoms with van der Waals surface area (Å²) in [6.07, 6.45) is 1.29. The summed E-state index contributed by atoms with van der Waals surface area (Å²) >= 11 is 2.57. The van der Waals surface area contributed by atoms with Gasteiger partial charge in [0.05, 0.1) is 19.1 Å². The lowest BCUT2D eigenvalue weighted by Crippen LogP contribution is -2.61. The first kappa shape index (κ1) is 70.1. The minimum Gasteiger partial charge on any atom is -0.508 e. The number of carboxylic acids is 2. The summed E-state index contributed by atoms with van der Waals surface area (Å²) in [4.78, 5) is 148. The zero-order valence-electron chi connectivity index (χ0n) is 46.8. The van der Waals surface area contributed by atoms with E-state index in [0.29, 0.717) is 23.1 Å². The first-order valence-electron chi connectivity index (χ1n) is 26.6. The van der Waals surface area contributed by atoms with Crippen LogP contribution in [-0.4, -0.2) is 181 Å². The second-order valence-electron chi connectivity index (χ2n) is 19.7. The zero-order chi connectivity index (χ0) is 62.6. The standard InChI is InChI=1S/C55H76N10O17S2/c1-5-29(2)46(55(81)82)65-53(79)41(26-32-10-16-35(69)17-11-32)61-49(75)37(20-22-83-3)58-50(76)39(24-30-6-12-33(67)13-7-30)60-48(74)38(21-23-84-4)59-52(78)42(27-45(71)72)63-51(77)40(25-31-8-14-34(68)15-9-31)62-54(80)43(28-66)64-47(73)36(56)18-19-44(57)70/h6-17,29,36-43,46,66-69H,5,18-28,56H2,1-4H3,(H2,57,70)(H,58,76)(H,59,78)(H,60,74)(H,61,75)(H,62,80)(H,63,77)(H,64,73)(H,65,79)(H,71,72)(H,81,82)/t29-,36-,37-,38-,39-,40-,41-,42-,43-,46-/m0/s1. The van der Waals surface area contributed by atoms with E-state index >= 15 is 0 Å². The van der Waals surface area contributed by atoms with E-state index in [1.54, 1.807) is 26.4 Å². The molecule has 10 atom stereocenters. The van der Waals surface area contributed by atoms with Crippen LogP contribution in [0.3, 0.4) is 0 Å². The maximum absolute atomic E-state index is 14.6. The van der Waals surface area contributed by atoms with Crippen LogP contribution in [0.5, 0.6) is 17.2 Å². The van der Waals surface area contributed by atoms with Crippen LogP contribution >= 0.6 is 23.5 Å². The van der Waals surface area contributed by atoms with Crippen LogP contribution in [0.2, 0.25) is 0 Å². The number of carboxylic acid groups (broad SMARTS) is 2. The van der Waals surface area contributed by atoms with Crippen molar-refractivity contribution in [3.8, 4) is 17.2 Å². The van der Waals surface area contributed by atoms with Gasteiger partial charge >= 0.3 is 11.9 Å². The third kappa shape index (κ3) is 24.4. The van der Waals surface area contributed by atoms with Crippen molar-refractivity contribution in [2.75, 3.05) is 30.6 Å². The molecule has 0 saturated carbocycles. The van der Waals surface area contributed by atoms with Gasteiger partial charge in [0.25, 0.3) is 0 Å². The van der Waals surface area contributed by atoms with E-state index in [4.69, 9.17) is 11.5 Å². The summed E-state index contributed by atoms with van der Waals surface area (Å²) in [5, 5.41) is 79.6. The Hall–Kier alpha value is -8.15. The monoisotopic (exact) mass is 1210 g/mol. The number of thioether (sulfide) groups is 2. The Bertz CT molecular complexity index is 2730. The SMILES string of the molecule is CC[C@H](C)[C@H](NC(=O)[C@H](Cc1ccc(O)cc1)NC(=O)[C@H](CCSC)NC(=O)[C@H](Cc1ccc(O)cc1)NC(=O)[C@H](CCSC)NC(=O)[C@H](CC(=O)O)NC(=O)[C@H](Cc1ccc(O)cc1)NC(=O)[C@H](CO)NC(=O)[C@@H](N)CCC(N)=O)C(=O)O. The fourth-order valence-corrected chi connectivity index (χ4v) is 9.04. The predicted molar refractivity (Wildman–Crippen MR) is 310 cm³/mol. The molecule has 9 amide bonds. The van der Waals surface area contributed by atoms with E-state index in [1.807, 2.05) is 0 Å². The summed E-state index contributed by atoms with van der Waals surface area (Å²) in [5.41, 5.74) is 12.2. The number of rotatable bonds is 37. The summed E-state index contributed by atoms with van der Waals surface area (Å²) in [6, 6.07) is 2.75. The smallest absolute Gasteiger partial charge is 0.326 e. The first-order valence-corrected chi connectivity index (χ1v) is 29.4. The van der Waals surface area contributed by atoms with Gasteiger partial charge in [0.15, 0.2) is 0 Å². The molecule has 0 spiro atoms. The van der Waals surface area contributed by atoms with Crippen molar-refractivity contribution >= 4 is 88.6 Å². The van der Waals surface area contributed by atoms with Crippen molar-refractivity contribution in [3.05, 3.63) is 89.5 Å². The molecule has 0 heterocycles. The van der Waals surface area contributed by atoms with Gasteiger partial charge in [0.1, 0.15) is 65.6 Å². The minimum atomic E-state index is -1.95. The number of hydrogen-bond acceptors (Lipinski definition) is 18. The Balaban J connectivity index is 1.98. The fourth-order valence-electron chi connectivity index (χ4n) is 8.10. The number of phenolic OH excluding ortho intramolecular Hbond substituents is 3. The summed E-state index contributed by atoms with van der Waals surface area (Å²) < 4.78 is 0. The molecule has 0 saturated heterocycles. The number of hydrogen-bond donors (Lipinski definition) is 16. The topological polar surface area (TPSA) is 457 Å². The number of aliphatic hydroxyl groups is 1. The van der Waals surface area contributed by atoms with Gasteiger partial charge in [-0.2, -0.15) is 23.5 Å². The average molecular weight is 1210 g/mol. The molecular formula is C55H76N10O17S2. The van der Waals surface area contributed by atoms with E-state index < -0.39 is 138 Å². The Morgan fingerprint density at radius 2 is 0.798 bits per heavy atom. The van der Waals surface area contributed by atoms with Gasteiger partial charge in [-0.1, -0.05) is 56.7 Å².